The first-order chi connectivity index (χ1) is 15.2. The Morgan fingerprint density at radius 3 is 2.35 bits per heavy atom. The van der Waals surface area contributed by atoms with Crippen LogP contribution in [0.2, 0.25) is 0 Å². The van der Waals surface area contributed by atoms with Gasteiger partial charge < -0.3 is 14.5 Å². The van der Waals surface area contributed by atoms with Gasteiger partial charge in [0.15, 0.2) is 0 Å². The number of hydrogen-bond donors (Lipinski definition) is 0. The molecule has 2 heterocycles. The van der Waals surface area contributed by atoms with Crippen molar-refractivity contribution in [1.82, 2.24) is 9.80 Å². The summed E-state index contributed by atoms with van der Waals surface area (Å²) in [7, 11) is 1.77. The monoisotopic (exact) mass is 421 g/mol. The number of ether oxygens (including phenoxy) is 1. The van der Waals surface area contributed by atoms with E-state index in [0.29, 0.717) is 0 Å². The molecule has 0 bridgehead atoms. The second kappa shape index (κ2) is 10.5. The lowest BCUT2D eigenvalue weighted by Crippen LogP contribution is -2.49. The van der Waals surface area contributed by atoms with Gasteiger partial charge in [0.2, 0.25) is 0 Å². The molecule has 1 atom stereocenters. The summed E-state index contributed by atoms with van der Waals surface area (Å²) in [6.45, 7) is 11.7. The van der Waals surface area contributed by atoms with Gasteiger partial charge in [-0.2, -0.15) is 0 Å². The number of rotatable bonds is 7. The number of methoxy groups -OCH3 is 1. The number of hydrogen-bond acceptors (Lipinski definition) is 4. The Bertz CT molecular complexity index is 803. The minimum Gasteiger partial charge on any atom is -0.497 e. The molecule has 4 rings (SSSR count). The molecule has 2 fully saturated rings. The molecular weight excluding hydrogens is 382 g/mol. The summed E-state index contributed by atoms with van der Waals surface area (Å²) in [4.78, 5) is 7.91. The molecular formula is C27H39N3O. The van der Waals surface area contributed by atoms with Crippen molar-refractivity contribution in [2.75, 3.05) is 64.4 Å². The van der Waals surface area contributed by atoms with Crippen molar-refractivity contribution >= 4 is 5.69 Å². The third-order valence-corrected chi connectivity index (χ3v) is 7.49. The topological polar surface area (TPSA) is 19.0 Å². The fraction of sp³-hybridized carbons (Fsp3) is 0.556. The first-order valence-electron chi connectivity index (χ1n) is 12.1. The number of piperazine rings is 1. The number of nitrogens with zero attached hydrogens (tertiary/aromatic N) is 3. The highest BCUT2D eigenvalue weighted by Crippen LogP contribution is 2.38. The van der Waals surface area contributed by atoms with E-state index in [1.165, 1.54) is 63.1 Å². The molecule has 2 saturated heterocycles. The van der Waals surface area contributed by atoms with Crippen LogP contribution in [0.15, 0.2) is 54.6 Å². The first-order valence-corrected chi connectivity index (χ1v) is 12.1. The van der Waals surface area contributed by atoms with Crippen LogP contribution in [-0.2, 0) is 5.41 Å². The fourth-order valence-electron chi connectivity index (χ4n) is 5.41. The van der Waals surface area contributed by atoms with Crippen LogP contribution in [0.5, 0.6) is 5.75 Å². The molecule has 0 N–H and O–H groups in total. The molecule has 0 spiro atoms. The lowest BCUT2D eigenvalue weighted by molar-refractivity contribution is 0.173. The molecule has 168 valence electrons. The molecule has 2 aliphatic heterocycles. The van der Waals surface area contributed by atoms with E-state index in [9.17, 15) is 0 Å². The van der Waals surface area contributed by atoms with Gasteiger partial charge in [0.05, 0.1) is 7.11 Å². The van der Waals surface area contributed by atoms with Crippen LogP contribution in [0.25, 0.3) is 0 Å². The molecule has 4 nitrogen and oxygen atoms in total. The Balaban J connectivity index is 1.34. The Hall–Kier alpha value is -2.04. The molecule has 2 aromatic carbocycles. The average Bonchev–Trinajstić information content (AvgIpc) is 3.07. The zero-order valence-corrected chi connectivity index (χ0v) is 19.4. The third-order valence-electron chi connectivity index (χ3n) is 7.49. The maximum Gasteiger partial charge on any atom is 0.119 e. The van der Waals surface area contributed by atoms with Gasteiger partial charge in [-0.15, -0.1) is 0 Å². The maximum absolute atomic E-state index is 5.54. The number of likely N-dealkylation sites (tertiary alicyclic amines) is 1. The summed E-state index contributed by atoms with van der Waals surface area (Å²) < 4.78 is 5.54. The van der Waals surface area contributed by atoms with Gasteiger partial charge in [0, 0.05) is 56.9 Å². The van der Waals surface area contributed by atoms with Crippen LogP contribution >= 0.6 is 0 Å². The van der Waals surface area contributed by atoms with E-state index in [-0.39, 0.29) is 5.41 Å². The van der Waals surface area contributed by atoms with E-state index >= 15 is 0 Å². The Labute approximate surface area is 188 Å². The predicted molar refractivity (Wildman–Crippen MR) is 130 cm³/mol. The summed E-state index contributed by atoms with van der Waals surface area (Å²) >= 11 is 0. The van der Waals surface area contributed by atoms with E-state index in [0.717, 1.165) is 31.9 Å². The van der Waals surface area contributed by atoms with Gasteiger partial charge in [-0.05, 0) is 55.6 Å². The quantitative estimate of drug-likeness (QED) is 0.648. The highest BCUT2D eigenvalue weighted by molar-refractivity contribution is 5.46. The molecule has 4 heteroatoms. The molecule has 0 amide bonds. The fourth-order valence-corrected chi connectivity index (χ4v) is 5.41. The van der Waals surface area contributed by atoms with Crippen LogP contribution in [0.3, 0.4) is 0 Å². The highest BCUT2D eigenvalue weighted by Gasteiger charge is 2.34. The minimum absolute atomic E-state index is 0.247. The van der Waals surface area contributed by atoms with Crippen LogP contribution in [-0.4, -0.2) is 69.3 Å². The van der Waals surface area contributed by atoms with E-state index in [1.807, 2.05) is 0 Å². The zero-order valence-electron chi connectivity index (χ0n) is 19.4. The van der Waals surface area contributed by atoms with E-state index in [1.54, 1.807) is 7.11 Å². The van der Waals surface area contributed by atoms with Crippen molar-refractivity contribution in [2.24, 2.45) is 0 Å². The Morgan fingerprint density at radius 1 is 0.839 bits per heavy atom. The summed E-state index contributed by atoms with van der Waals surface area (Å²) in [5.41, 5.74) is 3.07. The normalized spacial score (nSPS) is 23.5. The zero-order chi connectivity index (χ0) is 21.5. The number of para-hydroxylation sites is 1. The Kier molecular flexibility index (Phi) is 7.52. The van der Waals surface area contributed by atoms with Crippen molar-refractivity contribution in [1.29, 1.82) is 0 Å². The Morgan fingerprint density at radius 2 is 1.61 bits per heavy atom. The molecule has 0 aromatic heterocycles. The van der Waals surface area contributed by atoms with E-state index in [2.05, 4.69) is 76.2 Å². The summed E-state index contributed by atoms with van der Waals surface area (Å²) in [6.07, 6.45) is 5.10. The van der Waals surface area contributed by atoms with Crippen LogP contribution in [0, 0.1) is 0 Å². The largest absolute Gasteiger partial charge is 0.497 e. The van der Waals surface area contributed by atoms with Gasteiger partial charge in [-0.3, -0.25) is 4.90 Å². The molecule has 1 unspecified atom stereocenters. The summed E-state index contributed by atoms with van der Waals surface area (Å²) in [5, 5.41) is 0. The van der Waals surface area contributed by atoms with Gasteiger partial charge in [0.25, 0.3) is 0 Å². The smallest absolute Gasteiger partial charge is 0.119 e. The van der Waals surface area contributed by atoms with Gasteiger partial charge in [-0.1, -0.05) is 43.7 Å². The molecule has 0 radical (unpaired) electrons. The second-order valence-corrected chi connectivity index (χ2v) is 9.26. The minimum atomic E-state index is 0.247. The highest BCUT2D eigenvalue weighted by atomic mass is 16.5. The standard InChI is InChI=1S/C27H39N3O/c1-3-27(24-10-9-13-26(22-24)31-2)14-7-8-15-29(23-27)17-16-28-18-20-30(21-19-28)25-11-5-4-6-12-25/h4-6,9-13,22H,3,7-8,14-21,23H2,1-2H3. The van der Waals surface area contributed by atoms with Gasteiger partial charge >= 0.3 is 0 Å². The molecule has 0 saturated carbocycles. The van der Waals surface area contributed by atoms with Crippen molar-refractivity contribution in [3.63, 3.8) is 0 Å². The molecule has 31 heavy (non-hydrogen) atoms. The van der Waals surface area contributed by atoms with Crippen LogP contribution < -0.4 is 9.64 Å². The van der Waals surface area contributed by atoms with Gasteiger partial charge in [0.1, 0.15) is 5.75 Å². The molecule has 0 aliphatic carbocycles. The summed E-state index contributed by atoms with van der Waals surface area (Å²) in [5.74, 6) is 0.984. The van der Waals surface area contributed by atoms with Crippen molar-refractivity contribution < 1.29 is 4.74 Å². The predicted octanol–water partition coefficient (Wildman–Crippen LogP) is 4.65. The third kappa shape index (κ3) is 5.42. The van der Waals surface area contributed by atoms with E-state index in [4.69, 9.17) is 4.74 Å². The first kappa shape index (κ1) is 22.2. The van der Waals surface area contributed by atoms with Crippen molar-refractivity contribution in [3.05, 3.63) is 60.2 Å². The SMILES string of the molecule is CCC1(c2cccc(OC)c2)CCCCN(CCN2CCN(c3ccccc3)CC2)C1. The van der Waals surface area contributed by atoms with E-state index < -0.39 is 0 Å². The molecule has 2 aliphatic rings. The lowest BCUT2D eigenvalue weighted by atomic mass is 9.74. The second-order valence-electron chi connectivity index (χ2n) is 9.26. The molecule has 2 aromatic rings. The van der Waals surface area contributed by atoms with Gasteiger partial charge in [-0.25, -0.2) is 0 Å². The van der Waals surface area contributed by atoms with Crippen molar-refractivity contribution in [2.45, 2.75) is 38.0 Å². The van der Waals surface area contributed by atoms with Crippen LogP contribution in [0.1, 0.15) is 38.2 Å². The average molecular weight is 422 g/mol. The number of anilines is 1. The lowest BCUT2D eigenvalue weighted by Gasteiger charge is -2.39. The van der Waals surface area contributed by atoms with Crippen LogP contribution in [0.4, 0.5) is 5.69 Å². The van der Waals surface area contributed by atoms with Crippen molar-refractivity contribution in [3.8, 4) is 5.75 Å². The number of benzene rings is 2. The summed E-state index contributed by atoms with van der Waals surface area (Å²) in [6, 6.07) is 19.7. The maximum atomic E-state index is 5.54.